The fraction of sp³-hybridized carbons (Fsp3) is 0.467. The van der Waals surface area contributed by atoms with E-state index >= 15 is 0 Å². The molecule has 1 N–H and O–H groups in total. The van der Waals surface area contributed by atoms with E-state index in [-0.39, 0.29) is 5.91 Å². The molecule has 2 heterocycles. The van der Waals surface area contributed by atoms with Crippen LogP contribution in [0.2, 0.25) is 0 Å². The van der Waals surface area contributed by atoms with Crippen LogP contribution in [0.25, 0.3) is 5.82 Å². The van der Waals surface area contributed by atoms with Crippen LogP contribution in [-0.2, 0) is 16.1 Å². The highest BCUT2D eigenvalue weighted by Gasteiger charge is 2.13. The largest absolute Gasteiger partial charge is 0.368 e. The van der Waals surface area contributed by atoms with Gasteiger partial charge >= 0.3 is 0 Å². The van der Waals surface area contributed by atoms with Gasteiger partial charge in [0.15, 0.2) is 5.82 Å². The number of hydrogen-bond acceptors (Lipinski definition) is 5. The number of carbonyl (C=O) groups is 1. The van der Waals surface area contributed by atoms with E-state index < -0.39 is 6.10 Å². The lowest BCUT2D eigenvalue weighted by Gasteiger charge is -2.14. The SMILES string of the molecule is CC(C)CO[C@@H](C)C(=O)NCc1ccc(-n2cncn2)nc1. The Balaban J connectivity index is 1.82. The summed E-state index contributed by atoms with van der Waals surface area (Å²) in [7, 11) is 0. The molecule has 22 heavy (non-hydrogen) atoms. The van der Waals surface area contributed by atoms with Crippen LogP contribution in [-0.4, -0.2) is 38.4 Å². The van der Waals surface area contributed by atoms with Crippen LogP contribution in [0.15, 0.2) is 31.0 Å². The molecule has 7 heteroatoms. The monoisotopic (exact) mass is 303 g/mol. The first-order valence-corrected chi connectivity index (χ1v) is 7.25. The predicted octanol–water partition coefficient (Wildman–Crippen LogP) is 1.34. The number of rotatable bonds is 7. The van der Waals surface area contributed by atoms with Crippen molar-refractivity contribution in [1.82, 2.24) is 25.1 Å². The molecule has 118 valence electrons. The minimum Gasteiger partial charge on any atom is -0.368 e. The maximum Gasteiger partial charge on any atom is 0.249 e. The lowest BCUT2D eigenvalue weighted by atomic mass is 10.2. The van der Waals surface area contributed by atoms with E-state index in [1.54, 1.807) is 24.1 Å². The number of amides is 1. The van der Waals surface area contributed by atoms with Gasteiger partial charge in [-0.15, -0.1) is 0 Å². The number of carbonyl (C=O) groups excluding carboxylic acids is 1. The zero-order chi connectivity index (χ0) is 15.9. The highest BCUT2D eigenvalue weighted by Crippen LogP contribution is 2.04. The fourth-order valence-corrected chi connectivity index (χ4v) is 1.73. The van der Waals surface area contributed by atoms with Gasteiger partial charge in [0.25, 0.3) is 0 Å². The van der Waals surface area contributed by atoms with E-state index in [1.807, 2.05) is 26.0 Å². The maximum atomic E-state index is 11.9. The van der Waals surface area contributed by atoms with E-state index in [4.69, 9.17) is 4.74 Å². The lowest BCUT2D eigenvalue weighted by Crippen LogP contribution is -2.34. The second kappa shape index (κ2) is 7.65. The topological polar surface area (TPSA) is 81.9 Å². The van der Waals surface area contributed by atoms with Crippen molar-refractivity contribution in [2.75, 3.05) is 6.61 Å². The summed E-state index contributed by atoms with van der Waals surface area (Å²) >= 11 is 0. The van der Waals surface area contributed by atoms with Gasteiger partial charge in [-0.2, -0.15) is 5.10 Å². The van der Waals surface area contributed by atoms with Crippen LogP contribution in [0.5, 0.6) is 0 Å². The van der Waals surface area contributed by atoms with Crippen molar-refractivity contribution in [2.24, 2.45) is 5.92 Å². The average molecular weight is 303 g/mol. The molecule has 1 atom stereocenters. The van der Waals surface area contributed by atoms with Crippen LogP contribution < -0.4 is 5.32 Å². The summed E-state index contributed by atoms with van der Waals surface area (Å²) in [6, 6.07) is 3.72. The van der Waals surface area contributed by atoms with E-state index in [0.717, 1.165) is 5.56 Å². The molecule has 0 bridgehead atoms. The third kappa shape index (κ3) is 4.63. The Kier molecular flexibility index (Phi) is 5.60. The van der Waals surface area contributed by atoms with Crippen molar-refractivity contribution in [3.63, 3.8) is 0 Å². The molecule has 1 amide bonds. The predicted molar refractivity (Wildman–Crippen MR) is 81.3 cm³/mol. The zero-order valence-corrected chi connectivity index (χ0v) is 13.1. The number of aromatic nitrogens is 4. The van der Waals surface area contributed by atoms with Crippen molar-refractivity contribution in [3.8, 4) is 5.82 Å². The summed E-state index contributed by atoms with van der Waals surface area (Å²) < 4.78 is 7.05. The molecular formula is C15H21N5O2. The van der Waals surface area contributed by atoms with Gasteiger partial charge in [0, 0.05) is 19.3 Å². The molecule has 0 saturated carbocycles. The van der Waals surface area contributed by atoms with E-state index in [9.17, 15) is 4.79 Å². The molecule has 7 nitrogen and oxygen atoms in total. The van der Waals surface area contributed by atoms with Crippen molar-refractivity contribution in [3.05, 3.63) is 36.5 Å². The van der Waals surface area contributed by atoms with Crippen molar-refractivity contribution >= 4 is 5.91 Å². The Morgan fingerprint density at radius 3 is 2.77 bits per heavy atom. The molecule has 2 aromatic heterocycles. The van der Waals surface area contributed by atoms with Gasteiger partial charge < -0.3 is 10.1 Å². The first-order chi connectivity index (χ1) is 10.6. The van der Waals surface area contributed by atoms with Crippen molar-refractivity contribution in [1.29, 1.82) is 0 Å². The second-order valence-electron chi connectivity index (χ2n) is 5.45. The Hall–Kier alpha value is -2.28. The summed E-state index contributed by atoms with van der Waals surface area (Å²) in [5.41, 5.74) is 0.910. The minimum absolute atomic E-state index is 0.124. The van der Waals surface area contributed by atoms with Crippen LogP contribution >= 0.6 is 0 Å². The molecule has 0 aromatic carbocycles. The summed E-state index contributed by atoms with van der Waals surface area (Å²) in [5.74, 6) is 0.964. The Labute approximate surface area is 129 Å². The first kappa shape index (κ1) is 16.1. The number of nitrogens with one attached hydrogen (secondary N) is 1. The zero-order valence-electron chi connectivity index (χ0n) is 13.1. The molecule has 0 fully saturated rings. The van der Waals surface area contributed by atoms with Crippen LogP contribution in [0.4, 0.5) is 0 Å². The summed E-state index contributed by atoms with van der Waals surface area (Å²) in [4.78, 5) is 20.1. The Bertz CT molecular complexity index is 580. The Morgan fingerprint density at radius 2 is 2.18 bits per heavy atom. The van der Waals surface area contributed by atoms with E-state index in [2.05, 4.69) is 20.4 Å². The van der Waals surface area contributed by atoms with Gasteiger partial charge in [-0.25, -0.2) is 14.6 Å². The van der Waals surface area contributed by atoms with E-state index in [0.29, 0.717) is 24.9 Å². The molecule has 0 aliphatic carbocycles. The van der Waals surface area contributed by atoms with Crippen LogP contribution in [0.3, 0.4) is 0 Å². The van der Waals surface area contributed by atoms with Crippen LogP contribution in [0, 0.1) is 5.92 Å². The smallest absolute Gasteiger partial charge is 0.249 e. The first-order valence-electron chi connectivity index (χ1n) is 7.25. The summed E-state index contributed by atoms with van der Waals surface area (Å²) in [6.07, 6.45) is 4.29. The highest BCUT2D eigenvalue weighted by molar-refractivity contribution is 5.80. The molecule has 0 saturated heterocycles. The molecule has 2 aromatic rings. The molecule has 2 rings (SSSR count). The molecule has 0 aliphatic rings. The maximum absolute atomic E-state index is 11.9. The third-order valence-corrected chi connectivity index (χ3v) is 2.98. The summed E-state index contributed by atoms with van der Waals surface area (Å²) in [5, 5.41) is 6.84. The number of ether oxygens (including phenoxy) is 1. The van der Waals surface area contributed by atoms with Crippen LogP contribution in [0.1, 0.15) is 26.3 Å². The second-order valence-corrected chi connectivity index (χ2v) is 5.45. The van der Waals surface area contributed by atoms with Gasteiger partial charge in [0.2, 0.25) is 5.91 Å². The van der Waals surface area contributed by atoms with Gasteiger partial charge in [0.1, 0.15) is 18.8 Å². The van der Waals surface area contributed by atoms with Crippen molar-refractivity contribution < 1.29 is 9.53 Å². The fourth-order valence-electron chi connectivity index (χ4n) is 1.73. The number of hydrogen-bond donors (Lipinski definition) is 1. The third-order valence-electron chi connectivity index (χ3n) is 2.98. The minimum atomic E-state index is -0.454. The van der Waals surface area contributed by atoms with Gasteiger partial charge in [-0.1, -0.05) is 19.9 Å². The lowest BCUT2D eigenvalue weighted by molar-refractivity contribution is -0.132. The normalized spacial score (nSPS) is 12.4. The number of pyridine rings is 1. The molecule has 0 radical (unpaired) electrons. The number of nitrogens with zero attached hydrogens (tertiary/aromatic N) is 4. The highest BCUT2D eigenvalue weighted by atomic mass is 16.5. The van der Waals surface area contributed by atoms with Gasteiger partial charge in [-0.3, -0.25) is 4.79 Å². The molecular weight excluding hydrogens is 282 g/mol. The molecule has 0 spiro atoms. The molecule has 0 aliphatic heterocycles. The van der Waals surface area contributed by atoms with Gasteiger partial charge in [-0.05, 0) is 24.5 Å². The Morgan fingerprint density at radius 1 is 1.36 bits per heavy atom. The van der Waals surface area contributed by atoms with E-state index in [1.165, 1.54) is 6.33 Å². The van der Waals surface area contributed by atoms with Gasteiger partial charge in [0.05, 0.1) is 0 Å². The standard InChI is InChI=1S/C15H21N5O2/c1-11(2)8-22-12(3)15(21)18-7-13-4-5-14(17-6-13)20-10-16-9-19-20/h4-6,9-12H,7-8H2,1-3H3,(H,18,21)/t12-/m0/s1. The summed E-state index contributed by atoms with van der Waals surface area (Å²) in [6.45, 7) is 6.84. The average Bonchev–Trinajstić information content (AvgIpc) is 3.05. The van der Waals surface area contributed by atoms with Crippen molar-refractivity contribution in [2.45, 2.75) is 33.4 Å². The quantitative estimate of drug-likeness (QED) is 0.834. The molecule has 0 unspecified atom stereocenters.